The van der Waals surface area contributed by atoms with Crippen LogP contribution in [0.1, 0.15) is 22.3 Å². The highest BCUT2D eigenvalue weighted by molar-refractivity contribution is 6.97. The van der Waals surface area contributed by atoms with Gasteiger partial charge >= 0.3 is 0 Å². The molecule has 168 valence electrons. The number of benzene rings is 4. The molecule has 2 unspecified atom stereocenters. The highest BCUT2D eigenvalue weighted by Gasteiger charge is 2.42. The molecule has 0 saturated heterocycles. The van der Waals surface area contributed by atoms with Gasteiger partial charge in [0.05, 0.1) is 0 Å². The van der Waals surface area contributed by atoms with Gasteiger partial charge in [-0.15, -0.1) is 0 Å². The van der Waals surface area contributed by atoms with Gasteiger partial charge in [0.1, 0.15) is 0 Å². The van der Waals surface area contributed by atoms with Crippen LogP contribution in [0, 0.1) is 13.8 Å². The van der Waals surface area contributed by atoms with E-state index in [0.717, 1.165) is 12.1 Å². The number of hydrogen-bond acceptors (Lipinski definition) is 1. The van der Waals surface area contributed by atoms with E-state index < -0.39 is 16.6 Å². The van der Waals surface area contributed by atoms with E-state index in [4.69, 9.17) is 4.12 Å². The van der Waals surface area contributed by atoms with Crippen molar-refractivity contribution in [2.75, 3.05) is 0 Å². The van der Waals surface area contributed by atoms with Crippen LogP contribution in [0.25, 0.3) is 0 Å². The van der Waals surface area contributed by atoms with E-state index in [-0.39, 0.29) is 0 Å². The third kappa shape index (κ3) is 5.80. The first-order chi connectivity index (χ1) is 15.9. The summed E-state index contributed by atoms with van der Waals surface area (Å²) in [5.74, 6) is 0. The van der Waals surface area contributed by atoms with E-state index in [2.05, 4.69) is 136 Å². The number of rotatable bonds is 8. The Balaban J connectivity index is 1.79. The summed E-state index contributed by atoms with van der Waals surface area (Å²) in [6.07, 6.45) is 0. The zero-order valence-electron chi connectivity index (χ0n) is 20.2. The molecule has 3 heteroatoms. The van der Waals surface area contributed by atoms with Crippen LogP contribution in [-0.2, 0) is 16.2 Å². The number of hydrogen-bond donors (Lipinski definition) is 0. The molecular weight excluding hydrogens is 433 g/mol. The monoisotopic (exact) mass is 466 g/mol. The van der Waals surface area contributed by atoms with Gasteiger partial charge < -0.3 is 4.12 Å². The molecule has 2 atom stereocenters. The van der Waals surface area contributed by atoms with Gasteiger partial charge in [0, 0.05) is 0 Å². The van der Waals surface area contributed by atoms with Crippen LogP contribution in [0.3, 0.4) is 0 Å². The Hall–Kier alpha value is -2.73. The summed E-state index contributed by atoms with van der Waals surface area (Å²) in [6.45, 7) is 9.13. The van der Waals surface area contributed by atoms with Gasteiger partial charge in [0.15, 0.2) is 0 Å². The molecule has 0 aromatic heterocycles. The summed E-state index contributed by atoms with van der Waals surface area (Å²) < 4.78 is 7.56. The Labute approximate surface area is 201 Å². The molecule has 0 amide bonds. The molecule has 0 aliphatic rings. The fourth-order valence-corrected chi connectivity index (χ4v) is 14.4. The smallest absolute Gasteiger partial charge is 0.213 e. The molecular formula is C30H34OSi2. The minimum absolute atomic E-state index is 0.972. The lowest BCUT2D eigenvalue weighted by atomic mass is 10.2. The van der Waals surface area contributed by atoms with E-state index in [0.29, 0.717) is 0 Å². The molecule has 0 aliphatic heterocycles. The lowest BCUT2D eigenvalue weighted by Gasteiger charge is -2.39. The van der Waals surface area contributed by atoms with Crippen molar-refractivity contribution in [1.29, 1.82) is 0 Å². The summed E-state index contributed by atoms with van der Waals surface area (Å²) in [4.78, 5) is 0. The summed E-state index contributed by atoms with van der Waals surface area (Å²) in [6, 6.07) is 41.8. The second kappa shape index (κ2) is 10.0. The van der Waals surface area contributed by atoms with Gasteiger partial charge in [0.25, 0.3) is 0 Å². The van der Waals surface area contributed by atoms with Gasteiger partial charge in [-0.3, -0.25) is 0 Å². The van der Waals surface area contributed by atoms with Crippen LogP contribution in [0.15, 0.2) is 109 Å². The van der Waals surface area contributed by atoms with Crippen molar-refractivity contribution in [1.82, 2.24) is 0 Å². The fraction of sp³-hybridized carbons (Fsp3) is 0.200. The molecule has 0 saturated carbocycles. The van der Waals surface area contributed by atoms with E-state index >= 15 is 0 Å². The van der Waals surface area contributed by atoms with Crippen molar-refractivity contribution in [3.8, 4) is 0 Å². The van der Waals surface area contributed by atoms with Crippen LogP contribution < -0.4 is 10.4 Å². The molecule has 0 heterocycles. The Morgan fingerprint density at radius 1 is 0.485 bits per heavy atom. The van der Waals surface area contributed by atoms with Crippen molar-refractivity contribution in [3.63, 3.8) is 0 Å². The average molecular weight is 467 g/mol. The Morgan fingerprint density at radius 2 is 0.818 bits per heavy atom. The molecule has 0 aliphatic carbocycles. The van der Waals surface area contributed by atoms with E-state index in [1.807, 2.05) is 0 Å². The summed E-state index contributed by atoms with van der Waals surface area (Å²) >= 11 is 0. The van der Waals surface area contributed by atoms with Crippen molar-refractivity contribution < 1.29 is 4.12 Å². The third-order valence-corrected chi connectivity index (χ3v) is 15.4. The predicted molar refractivity (Wildman–Crippen MR) is 146 cm³/mol. The molecule has 0 bridgehead atoms. The van der Waals surface area contributed by atoms with Crippen LogP contribution in [-0.4, -0.2) is 16.6 Å². The largest absolute Gasteiger partial charge is 0.448 e. The highest BCUT2D eigenvalue weighted by Crippen LogP contribution is 2.23. The van der Waals surface area contributed by atoms with Gasteiger partial charge in [-0.2, -0.15) is 0 Å². The predicted octanol–water partition coefficient (Wildman–Crippen LogP) is 6.15. The molecule has 4 aromatic carbocycles. The lowest BCUT2D eigenvalue weighted by Crippen LogP contribution is -2.63. The zero-order valence-corrected chi connectivity index (χ0v) is 22.2. The van der Waals surface area contributed by atoms with E-state index in [1.165, 1.54) is 32.6 Å². The molecule has 4 rings (SSSR count). The van der Waals surface area contributed by atoms with Crippen LogP contribution in [0.4, 0.5) is 0 Å². The van der Waals surface area contributed by atoms with Gasteiger partial charge in [-0.1, -0.05) is 120 Å². The van der Waals surface area contributed by atoms with Crippen molar-refractivity contribution in [3.05, 3.63) is 131 Å². The second-order valence-electron chi connectivity index (χ2n) is 9.62. The SMILES string of the molecule is Cc1ccc([Si](C)(Cc2ccccc2)O[Si](C)(Cc2ccccc2)c2ccc(C)cc2)cc1. The Bertz CT molecular complexity index is 1060. The topological polar surface area (TPSA) is 9.23 Å². The average Bonchev–Trinajstić information content (AvgIpc) is 2.81. The highest BCUT2D eigenvalue weighted by atomic mass is 28.4. The van der Waals surface area contributed by atoms with Gasteiger partial charge in [-0.25, -0.2) is 0 Å². The number of aryl methyl sites for hydroxylation is 2. The lowest BCUT2D eigenvalue weighted by molar-refractivity contribution is 0.552. The molecule has 0 fully saturated rings. The van der Waals surface area contributed by atoms with E-state index in [1.54, 1.807) is 0 Å². The second-order valence-corrected chi connectivity index (χ2v) is 17.2. The maximum absolute atomic E-state index is 7.56. The van der Waals surface area contributed by atoms with Crippen LogP contribution in [0.2, 0.25) is 13.1 Å². The molecule has 0 N–H and O–H groups in total. The van der Waals surface area contributed by atoms with Gasteiger partial charge in [-0.05, 0) is 60.5 Å². The maximum atomic E-state index is 7.56. The van der Waals surface area contributed by atoms with Crippen LogP contribution >= 0.6 is 0 Å². The van der Waals surface area contributed by atoms with Crippen molar-refractivity contribution in [2.45, 2.75) is 39.0 Å². The summed E-state index contributed by atoms with van der Waals surface area (Å²) in [7, 11) is -4.63. The molecule has 4 aromatic rings. The van der Waals surface area contributed by atoms with Gasteiger partial charge in [0.2, 0.25) is 16.6 Å². The minimum atomic E-state index is -2.31. The molecule has 33 heavy (non-hydrogen) atoms. The first-order valence-corrected chi connectivity index (χ1v) is 17.0. The summed E-state index contributed by atoms with van der Waals surface area (Å²) in [5, 5.41) is 2.74. The fourth-order valence-electron chi connectivity index (χ4n) is 4.67. The minimum Gasteiger partial charge on any atom is -0.448 e. The Morgan fingerprint density at radius 3 is 1.15 bits per heavy atom. The first kappa shape index (κ1) is 23.4. The normalized spacial score (nSPS) is 14.9. The van der Waals surface area contributed by atoms with Crippen molar-refractivity contribution >= 4 is 27.0 Å². The van der Waals surface area contributed by atoms with Crippen molar-refractivity contribution in [2.24, 2.45) is 0 Å². The molecule has 0 spiro atoms. The Kier molecular flexibility index (Phi) is 7.13. The quantitative estimate of drug-likeness (QED) is 0.283. The maximum Gasteiger partial charge on any atom is 0.213 e. The third-order valence-electron chi connectivity index (χ3n) is 6.54. The molecule has 0 radical (unpaired) electrons. The standard InChI is InChI=1S/C30H34OSi2/c1-25-15-19-29(20-16-25)32(3,23-27-11-7-5-8-12-27)31-33(4,24-28-13-9-6-10-14-28)30-21-17-26(2)18-22-30/h5-22H,23-24H2,1-4H3. The zero-order chi connectivity index (χ0) is 23.3. The van der Waals surface area contributed by atoms with Crippen LogP contribution in [0.5, 0.6) is 0 Å². The molecule has 1 nitrogen and oxygen atoms in total. The summed E-state index contributed by atoms with van der Waals surface area (Å²) in [5.41, 5.74) is 5.29. The first-order valence-electron chi connectivity index (χ1n) is 11.8. The van der Waals surface area contributed by atoms with E-state index in [9.17, 15) is 0 Å².